The third-order valence-electron chi connectivity index (χ3n) is 4.86. The number of phenolic OH excluding ortho intramolecular Hbond substituents is 1. The zero-order valence-electron chi connectivity index (χ0n) is 14.7. The second-order valence-corrected chi connectivity index (χ2v) is 6.31. The fourth-order valence-electron chi connectivity index (χ4n) is 3.61. The summed E-state index contributed by atoms with van der Waals surface area (Å²) in [6.07, 6.45) is 2.76. The predicted octanol–water partition coefficient (Wildman–Crippen LogP) is 2.32. The summed E-state index contributed by atoms with van der Waals surface area (Å²) in [5.41, 5.74) is 16.8. The van der Waals surface area contributed by atoms with Crippen LogP contribution < -0.4 is 11.5 Å². The fraction of sp³-hybridized carbons (Fsp3) is 0.368. The van der Waals surface area contributed by atoms with E-state index in [1.54, 1.807) is 25.3 Å². The molecule has 1 aromatic heterocycles. The number of rotatable bonds is 5. The lowest BCUT2D eigenvalue weighted by atomic mass is 9.94. The second kappa shape index (κ2) is 7.21. The predicted molar refractivity (Wildman–Crippen MR) is 101 cm³/mol. The number of aromatic nitrogens is 1. The average Bonchev–Trinajstić information content (AvgIpc) is 2.91. The first kappa shape index (κ1) is 17.4. The second-order valence-electron chi connectivity index (χ2n) is 6.31. The lowest BCUT2D eigenvalue weighted by molar-refractivity contribution is 0.0864. The highest BCUT2D eigenvalue weighted by molar-refractivity contribution is 5.86. The summed E-state index contributed by atoms with van der Waals surface area (Å²) in [6.45, 7) is 4.65. The molecule has 6 nitrogen and oxygen atoms in total. The van der Waals surface area contributed by atoms with Gasteiger partial charge in [0.15, 0.2) is 0 Å². The molecule has 1 unspecified atom stereocenters. The Balaban J connectivity index is 2.08. The fourth-order valence-corrected chi connectivity index (χ4v) is 3.61. The number of ether oxygens (including phenoxy) is 1. The lowest BCUT2D eigenvalue weighted by Gasteiger charge is -2.35. The van der Waals surface area contributed by atoms with E-state index in [0.29, 0.717) is 23.7 Å². The van der Waals surface area contributed by atoms with Crippen molar-refractivity contribution in [1.82, 2.24) is 9.88 Å². The summed E-state index contributed by atoms with van der Waals surface area (Å²) in [7, 11) is 1.71. The zero-order valence-corrected chi connectivity index (χ0v) is 14.7. The van der Waals surface area contributed by atoms with Gasteiger partial charge in [-0.3, -0.25) is 4.90 Å². The summed E-state index contributed by atoms with van der Waals surface area (Å²) < 4.78 is 5.45. The Hall–Kier alpha value is -2.44. The van der Waals surface area contributed by atoms with E-state index in [1.165, 1.54) is 0 Å². The van der Waals surface area contributed by atoms with E-state index in [0.717, 1.165) is 36.3 Å². The minimum Gasteiger partial charge on any atom is -0.507 e. The Bertz CT molecular complexity index is 782. The van der Waals surface area contributed by atoms with Gasteiger partial charge in [-0.2, -0.15) is 0 Å². The van der Waals surface area contributed by atoms with E-state index in [2.05, 4.69) is 16.8 Å². The van der Waals surface area contributed by atoms with Gasteiger partial charge in [0.25, 0.3) is 0 Å². The summed E-state index contributed by atoms with van der Waals surface area (Å²) in [5.74, 6) is 0.755. The van der Waals surface area contributed by atoms with Crippen LogP contribution >= 0.6 is 0 Å². The Labute approximate surface area is 148 Å². The maximum Gasteiger partial charge on any atom is 0.124 e. The smallest absolute Gasteiger partial charge is 0.124 e. The van der Waals surface area contributed by atoms with Crippen LogP contribution in [0, 0.1) is 0 Å². The molecule has 6 N–H and O–H groups in total. The molecule has 6 heteroatoms. The van der Waals surface area contributed by atoms with Crippen LogP contribution in [-0.4, -0.2) is 41.8 Å². The summed E-state index contributed by atoms with van der Waals surface area (Å²) in [6, 6.07) is 7.17. The number of nitrogens with two attached hydrogens (primary N) is 2. The molecule has 1 aromatic carbocycles. The number of para-hydroxylation sites is 1. The van der Waals surface area contributed by atoms with Gasteiger partial charge in [0.1, 0.15) is 11.6 Å². The zero-order chi connectivity index (χ0) is 18.0. The molecule has 0 amide bonds. The maximum absolute atomic E-state index is 10.0. The number of likely N-dealkylation sites (N-methyl/N-ethyl adjacent to an activating group) is 1. The minimum atomic E-state index is 0.135. The Kier molecular flexibility index (Phi) is 5.01. The van der Waals surface area contributed by atoms with Gasteiger partial charge in [-0.05, 0) is 24.8 Å². The van der Waals surface area contributed by atoms with Gasteiger partial charge in [-0.1, -0.05) is 19.1 Å². The minimum absolute atomic E-state index is 0.135. The first-order valence-electron chi connectivity index (χ1n) is 8.55. The molecule has 0 spiro atoms. The Morgan fingerprint density at radius 2 is 2.20 bits per heavy atom. The number of aromatic amines is 1. The van der Waals surface area contributed by atoms with Crippen LogP contribution in [0.25, 0.3) is 11.8 Å². The average molecular weight is 342 g/mol. The number of anilines is 1. The molecule has 1 aliphatic heterocycles. The van der Waals surface area contributed by atoms with Crippen molar-refractivity contribution in [2.75, 3.05) is 32.5 Å². The molecule has 0 aliphatic carbocycles. The maximum atomic E-state index is 10.0. The monoisotopic (exact) mass is 342 g/mol. The topological polar surface area (TPSA) is 101 Å². The largest absolute Gasteiger partial charge is 0.507 e. The number of methoxy groups -OCH3 is 1. The first-order chi connectivity index (χ1) is 12.1. The number of nitrogen functional groups attached to an aromatic ring is 1. The van der Waals surface area contributed by atoms with Crippen LogP contribution in [0.3, 0.4) is 0 Å². The Morgan fingerprint density at radius 3 is 2.88 bits per heavy atom. The molecule has 0 radical (unpaired) electrons. The SMILES string of the molecule is CCN1CCc2[nH]c(N)c(/C=C(\N)c3ccccc3O)c2C1COC. The van der Waals surface area contributed by atoms with Gasteiger partial charge in [0, 0.05) is 48.2 Å². The number of nitrogens with zero attached hydrogens (tertiary/aromatic N) is 1. The van der Waals surface area contributed by atoms with Crippen molar-refractivity contribution in [2.24, 2.45) is 5.73 Å². The number of phenols is 1. The van der Waals surface area contributed by atoms with Gasteiger partial charge in [-0.15, -0.1) is 0 Å². The molecule has 2 heterocycles. The van der Waals surface area contributed by atoms with Gasteiger partial charge in [0.2, 0.25) is 0 Å². The van der Waals surface area contributed by atoms with Gasteiger partial charge >= 0.3 is 0 Å². The summed E-state index contributed by atoms with van der Waals surface area (Å²) in [4.78, 5) is 5.68. The van der Waals surface area contributed by atoms with E-state index in [1.807, 2.05) is 12.1 Å². The highest BCUT2D eigenvalue weighted by Gasteiger charge is 2.31. The first-order valence-corrected chi connectivity index (χ1v) is 8.55. The standard InChI is InChI=1S/C19H26N4O2/c1-3-23-9-8-15-18(16(23)11-25-2)13(19(21)22-15)10-14(20)12-6-4-5-7-17(12)24/h4-7,10,16,22,24H,3,8-9,11,20-21H2,1-2H3/b14-10-. The summed E-state index contributed by atoms with van der Waals surface area (Å²) >= 11 is 0. The van der Waals surface area contributed by atoms with Crippen LogP contribution in [0.2, 0.25) is 0 Å². The molecule has 2 aromatic rings. The quantitative estimate of drug-likeness (QED) is 0.668. The summed E-state index contributed by atoms with van der Waals surface area (Å²) in [5, 5.41) is 10.0. The van der Waals surface area contributed by atoms with E-state index < -0.39 is 0 Å². The number of nitrogens with one attached hydrogen (secondary N) is 1. The van der Waals surface area contributed by atoms with E-state index in [4.69, 9.17) is 16.2 Å². The number of fused-ring (bicyclic) bond motifs is 1. The van der Waals surface area contributed by atoms with Crippen LogP contribution in [0.4, 0.5) is 5.82 Å². The molecule has 0 fully saturated rings. The molecule has 0 saturated carbocycles. The third-order valence-corrected chi connectivity index (χ3v) is 4.86. The van der Waals surface area contributed by atoms with Gasteiger partial charge < -0.3 is 26.3 Å². The van der Waals surface area contributed by atoms with E-state index >= 15 is 0 Å². The van der Waals surface area contributed by atoms with Crippen molar-refractivity contribution in [1.29, 1.82) is 0 Å². The molecule has 134 valence electrons. The number of hydrogen-bond donors (Lipinski definition) is 4. The van der Waals surface area contributed by atoms with Crippen molar-refractivity contribution in [2.45, 2.75) is 19.4 Å². The molecule has 1 aliphatic rings. The van der Waals surface area contributed by atoms with Crippen molar-refractivity contribution in [3.8, 4) is 5.75 Å². The van der Waals surface area contributed by atoms with Crippen LogP contribution in [0.1, 0.15) is 35.3 Å². The van der Waals surface area contributed by atoms with E-state index in [-0.39, 0.29) is 11.8 Å². The third kappa shape index (κ3) is 3.23. The lowest BCUT2D eigenvalue weighted by Crippen LogP contribution is -2.37. The van der Waals surface area contributed by atoms with Crippen LogP contribution in [0.5, 0.6) is 5.75 Å². The molecule has 25 heavy (non-hydrogen) atoms. The van der Waals surface area contributed by atoms with Crippen molar-refractivity contribution < 1.29 is 9.84 Å². The van der Waals surface area contributed by atoms with E-state index in [9.17, 15) is 5.11 Å². The number of benzene rings is 1. The molecule has 3 rings (SSSR count). The molecule has 0 bridgehead atoms. The van der Waals surface area contributed by atoms with Gasteiger partial charge in [0.05, 0.1) is 12.6 Å². The number of aromatic hydroxyl groups is 1. The van der Waals surface area contributed by atoms with Crippen molar-refractivity contribution >= 4 is 17.6 Å². The highest BCUT2D eigenvalue weighted by atomic mass is 16.5. The number of hydrogen-bond acceptors (Lipinski definition) is 5. The normalized spacial score (nSPS) is 18.3. The molecular weight excluding hydrogens is 316 g/mol. The molecular formula is C19H26N4O2. The van der Waals surface area contributed by atoms with Crippen molar-refractivity contribution in [3.63, 3.8) is 0 Å². The van der Waals surface area contributed by atoms with Crippen molar-refractivity contribution in [3.05, 3.63) is 46.6 Å². The molecule has 1 atom stereocenters. The highest BCUT2D eigenvalue weighted by Crippen LogP contribution is 2.37. The van der Waals surface area contributed by atoms with Gasteiger partial charge in [-0.25, -0.2) is 0 Å². The Morgan fingerprint density at radius 1 is 1.44 bits per heavy atom. The van der Waals surface area contributed by atoms with Crippen LogP contribution in [-0.2, 0) is 11.2 Å². The van der Waals surface area contributed by atoms with Crippen LogP contribution in [0.15, 0.2) is 24.3 Å². The number of H-pyrrole nitrogens is 1. The molecule has 0 saturated heterocycles.